The van der Waals surface area contributed by atoms with Gasteiger partial charge in [0.25, 0.3) is 0 Å². The molecule has 0 saturated carbocycles. The van der Waals surface area contributed by atoms with Crippen LogP contribution in [0.15, 0.2) is 12.2 Å². The minimum absolute atomic E-state index is 0.180. The van der Waals surface area contributed by atoms with Crippen LogP contribution in [-0.4, -0.2) is 12.6 Å². The van der Waals surface area contributed by atoms with Crippen LogP contribution in [0.2, 0.25) is 0 Å². The van der Waals surface area contributed by atoms with E-state index in [4.69, 9.17) is 4.74 Å². The van der Waals surface area contributed by atoms with Crippen molar-refractivity contribution in [3.63, 3.8) is 0 Å². The Hall–Kier alpha value is -0.790. The number of allylic oxidation sites excluding steroid dienone is 2. The van der Waals surface area contributed by atoms with Crippen molar-refractivity contribution in [3.8, 4) is 0 Å². The maximum atomic E-state index is 10.6. The highest BCUT2D eigenvalue weighted by Crippen LogP contribution is 2.07. The van der Waals surface area contributed by atoms with Gasteiger partial charge in [-0.15, -0.1) is 0 Å². The molecule has 0 N–H and O–H groups in total. The number of carbonyl (C=O) groups excluding carboxylic acids is 1. The van der Waals surface area contributed by atoms with Gasteiger partial charge < -0.3 is 4.74 Å². The standard InChI is InChI=1S/C13H24O2/c1-4-5-6-7-8-9-10-12(2)11-15-13(3)14/h7-8,12H,4-6,9-11H2,1-3H3/b8-7-/t12-/m0/s1. The minimum atomic E-state index is -0.180. The Labute approximate surface area is 93.7 Å². The van der Waals surface area contributed by atoms with E-state index >= 15 is 0 Å². The number of carbonyl (C=O) groups is 1. The van der Waals surface area contributed by atoms with E-state index in [9.17, 15) is 4.79 Å². The molecule has 0 rings (SSSR count). The molecule has 0 aromatic heterocycles. The zero-order valence-electron chi connectivity index (χ0n) is 10.3. The van der Waals surface area contributed by atoms with E-state index in [1.807, 2.05) is 0 Å². The summed E-state index contributed by atoms with van der Waals surface area (Å²) in [5, 5.41) is 0. The van der Waals surface area contributed by atoms with Gasteiger partial charge >= 0.3 is 5.97 Å². The lowest BCUT2D eigenvalue weighted by molar-refractivity contribution is -0.142. The van der Waals surface area contributed by atoms with E-state index in [2.05, 4.69) is 26.0 Å². The smallest absolute Gasteiger partial charge is 0.302 e. The second kappa shape index (κ2) is 9.75. The van der Waals surface area contributed by atoms with Crippen LogP contribution >= 0.6 is 0 Å². The highest BCUT2D eigenvalue weighted by atomic mass is 16.5. The summed E-state index contributed by atoms with van der Waals surface area (Å²) in [6.07, 6.45) is 10.4. The highest BCUT2D eigenvalue weighted by molar-refractivity contribution is 5.65. The molecule has 0 amide bonds. The summed E-state index contributed by atoms with van der Waals surface area (Å²) in [5.74, 6) is 0.282. The summed E-state index contributed by atoms with van der Waals surface area (Å²) < 4.78 is 4.94. The fourth-order valence-electron chi connectivity index (χ4n) is 1.28. The van der Waals surface area contributed by atoms with Crippen molar-refractivity contribution in [1.82, 2.24) is 0 Å². The van der Waals surface area contributed by atoms with Crippen molar-refractivity contribution < 1.29 is 9.53 Å². The van der Waals surface area contributed by atoms with Crippen LogP contribution in [0.4, 0.5) is 0 Å². The van der Waals surface area contributed by atoms with Gasteiger partial charge in [-0.25, -0.2) is 0 Å². The molecule has 0 fully saturated rings. The molecule has 1 atom stereocenters. The van der Waals surface area contributed by atoms with Gasteiger partial charge in [0.05, 0.1) is 6.61 Å². The Kier molecular flexibility index (Phi) is 9.24. The average molecular weight is 212 g/mol. The van der Waals surface area contributed by atoms with Crippen molar-refractivity contribution >= 4 is 5.97 Å². The van der Waals surface area contributed by atoms with Crippen LogP contribution in [-0.2, 0) is 9.53 Å². The van der Waals surface area contributed by atoms with Crippen molar-refractivity contribution in [1.29, 1.82) is 0 Å². The van der Waals surface area contributed by atoms with Crippen molar-refractivity contribution in [2.45, 2.75) is 52.9 Å². The Morgan fingerprint density at radius 2 is 2.00 bits per heavy atom. The lowest BCUT2D eigenvalue weighted by Gasteiger charge is -2.09. The molecular weight excluding hydrogens is 188 g/mol. The van der Waals surface area contributed by atoms with Crippen molar-refractivity contribution in [2.24, 2.45) is 5.92 Å². The normalized spacial score (nSPS) is 13.0. The van der Waals surface area contributed by atoms with E-state index in [0.717, 1.165) is 12.8 Å². The second-order valence-electron chi connectivity index (χ2n) is 4.10. The molecule has 0 bridgehead atoms. The molecule has 88 valence electrons. The third-order valence-corrected chi connectivity index (χ3v) is 2.29. The predicted octanol–water partition coefficient (Wildman–Crippen LogP) is 3.71. The van der Waals surface area contributed by atoms with Crippen LogP contribution in [0.3, 0.4) is 0 Å². The Balaban J connectivity index is 3.33. The van der Waals surface area contributed by atoms with E-state index in [0.29, 0.717) is 12.5 Å². The first-order valence-corrected chi connectivity index (χ1v) is 5.95. The maximum Gasteiger partial charge on any atom is 0.302 e. The zero-order valence-corrected chi connectivity index (χ0v) is 10.3. The predicted molar refractivity (Wildman–Crippen MR) is 63.7 cm³/mol. The number of hydrogen-bond donors (Lipinski definition) is 0. The van der Waals surface area contributed by atoms with Gasteiger partial charge in [0.15, 0.2) is 0 Å². The van der Waals surface area contributed by atoms with Gasteiger partial charge in [0, 0.05) is 6.92 Å². The number of ether oxygens (including phenoxy) is 1. The van der Waals surface area contributed by atoms with E-state index in [1.54, 1.807) is 0 Å². The van der Waals surface area contributed by atoms with Crippen LogP contribution < -0.4 is 0 Å². The molecule has 0 aromatic carbocycles. The highest BCUT2D eigenvalue weighted by Gasteiger charge is 2.02. The molecular formula is C13H24O2. The van der Waals surface area contributed by atoms with Gasteiger partial charge in [-0.3, -0.25) is 4.79 Å². The lowest BCUT2D eigenvalue weighted by atomic mass is 10.1. The minimum Gasteiger partial charge on any atom is -0.466 e. The SMILES string of the molecule is CCCC/C=C\CC[C@H](C)COC(C)=O. The Morgan fingerprint density at radius 1 is 1.33 bits per heavy atom. The van der Waals surface area contributed by atoms with E-state index in [1.165, 1.54) is 26.2 Å². The third kappa shape index (κ3) is 11.1. The lowest BCUT2D eigenvalue weighted by Crippen LogP contribution is -2.08. The molecule has 0 aromatic rings. The summed E-state index contributed by atoms with van der Waals surface area (Å²) in [6.45, 7) is 6.33. The van der Waals surface area contributed by atoms with Crippen LogP contribution in [0, 0.1) is 5.92 Å². The third-order valence-electron chi connectivity index (χ3n) is 2.29. The number of esters is 1. The van der Waals surface area contributed by atoms with Gasteiger partial charge in [0.2, 0.25) is 0 Å². The largest absolute Gasteiger partial charge is 0.466 e. The first kappa shape index (κ1) is 14.2. The topological polar surface area (TPSA) is 26.3 Å². The van der Waals surface area contributed by atoms with Gasteiger partial charge in [-0.1, -0.05) is 38.8 Å². The molecule has 0 aliphatic heterocycles. The quantitative estimate of drug-likeness (QED) is 0.348. The summed E-state index contributed by atoms with van der Waals surface area (Å²) in [5.41, 5.74) is 0. The zero-order chi connectivity index (χ0) is 11.5. The fraction of sp³-hybridized carbons (Fsp3) is 0.769. The molecule has 0 unspecified atom stereocenters. The van der Waals surface area contributed by atoms with Crippen molar-refractivity contribution in [2.75, 3.05) is 6.61 Å². The summed E-state index contributed by atoms with van der Waals surface area (Å²) >= 11 is 0. The molecule has 0 heterocycles. The van der Waals surface area contributed by atoms with Gasteiger partial charge in [-0.2, -0.15) is 0 Å². The number of rotatable bonds is 8. The average Bonchev–Trinajstić information content (AvgIpc) is 2.20. The molecule has 0 spiro atoms. The van der Waals surface area contributed by atoms with Gasteiger partial charge in [-0.05, 0) is 25.2 Å². The van der Waals surface area contributed by atoms with E-state index < -0.39 is 0 Å². The Morgan fingerprint density at radius 3 is 2.60 bits per heavy atom. The summed E-state index contributed by atoms with van der Waals surface area (Å²) in [7, 11) is 0. The fourth-order valence-corrected chi connectivity index (χ4v) is 1.28. The number of hydrogen-bond acceptors (Lipinski definition) is 2. The monoisotopic (exact) mass is 212 g/mol. The van der Waals surface area contributed by atoms with Crippen LogP contribution in [0.1, 0.15) is 52.9 Å². The first-order valence-electron chi connectivity index (χ1n) is 5.95. The second-order valence-corrected chi connectivity index (χ2v) is 4.10. The van der Waals surface area contributed by atoms with Crippen LogP contribution in [0.5, 0.6) is 0 Å². The van der Waals surface area contributed by atoms with Crippen molar-refractivity contribution in [3.05, 3.63) is 12.2 Å². The summed E-state index contributed by atoms with van der Waals surface area (Å²) in [4.78, 5) is 10.6. The molecule has 0 aliphatic rings. The molecule has 2 heteroatoms. The van der Waals surface area contributed by atoms with E-state index in [-0.39, 0.29) is 5.97 Å². The molecule has 0 radical (unpaired) electrons. The maximum absolute atomic E-state index is 10.6. The van der Waals surface area contributed by atoms with Gasteiger partial charge in [0.1, 0.15) is 0 Å². The number of unbranched alkanes of at least 4 members (excludes halogenated alkanes) is 2. The Bertz CT molecular complexity index is 185. The molecule has 0 saturated heterocycles. The first-order chi connectivity index (χ1) is 7.16. The van der Waals surface area contributed by atoms with Crippen LogP contribution in [0.25, 0.3) is 0 Å². The molecule has 0 aliphatic carbocycles. The summed E-state index contributed by atoms with van der Waals surface area (Å²) in [6, 6.07) is 0. The molecule has 2 nitrogen and oxygen atoms in total. The molecule has 15 heavy (non-hydrogen) atoms.